The minimum Gasteiger partial charge on any atom is -0.462 e. The zero-order valence-electron chi connectivity index (χ0n) is 30.1. The van der Waals surface area contributed by atoms with Crippen molar-refractivity contribution in [1.29, 1.82) is 0 Å². The molecule has 268 valence electrons. The molecule has 3 aliphatic rings. The van der Waals surface area contributed by atoms with Gasteiger partial charge in [0, 0.05) is 51.0 Å². The van der Waals surface area contributed by atoms with E-state index in [-0.39, 0.29) is 12.5 Å². The standard InChI is InChI=1S/C38H51NO10/c1-20-29(49-31(44)19-28(39-10)26-14-12-11-13-15-26)16-17-38(9)33(20)34(46-23(4)41)27-18-30(45-22(3)40)21(2)32(37(27,7)8)35(47-24(5)42)36(38)48-25(6)43/h11-15,27-30,33-36,39H,1,16-19H2,2-10H3/t27-,28?,29?,30?,33-,34?,35?,36?,38+/m0/s1. The van der Waals surface area contributed by atoms with Gasteiger partial charge in [-0.05, 0) is 60.9 Å². The van der Waals surface area contributed by atoms with Crippen molar-refractivity contribution in [3.63, 3.8) is 0 Å². The van der Waals surface area contributed by atoms with Crippen molar-refractivity contribution in [3.05, 3.63) is 59.2 Å². The molecule has 0 saturated heterocycles. The maximum atomic E-state index is 13.5. The average molecular weight is 682 g/mol. The summed E-state index contributed by atoms with van der Waals surface area (Å²) in [6, 6.07) is 9.31. The first-order chi connectivity index (χ1) is 22.9. The first kappa shape index (κ1) is 37.8. The molecule has 49 heavy (non-hydrogen) atoms. The number of hydrogen-bond acceptors (Lipinski definition) is 11. The number of fused-ring (bicyclic) bond motifs is 3. The summed E-state index contributed by atoms with van der Waals surface area (Å²) >= 11 is 0. The molecule has 2 bridgehead atoms. The summed E-state index contributed by atoms with van der Waals surface area (Å²) in [5.41, 5.74) is 0.947. The minimum atomic E-state index is -1.06. The molecule has 11 heteroatoms. The normalized spacial score (nSPS) is 31.2. The molecule has 0 radical (unpaired) electrons. The Hall–Kier alpha value is -3.99. The Bertz CT molecular complexity index is 1500. The number of hydrogen-bond donors (Lipinski definition) is 1. The maximum absolute atomic E-state index is 13.5. The number of nitrogens with one attached hydrogen (secondary N) is 1. The summed E-state index contributed by atoms with van der Waals surface area (Å²) in [5, 5.41) is 3.18. The van der Waals surface area contributed by atoms with E-state index in [9.17, 15) is 24.0 Å². The first-order valence-electron chi connectivity index (χ1n) is 16.9. The molecule has 0 spiro atoms. The quantitative estimate of drug-likeness (QED) is 0.205. The molecule has 0 aromatic heterocycles. The Balaban J connectivity index is 1.87. The van der Waals surface area contributed by atoms with E-state index in [1.54, 1.807) is 7.05 Å². The third kappa shape index (κ3) is 7.77. The van der Waals surface area contributed by atoms with Crippen LogP contribution in [0.1, 0.15) is 92.7 Å². The molecule has 4 rings (SSSR count). The molecule has 1 N–H and O–H groups in total. The number of carbonyl (C=O) groups excluding carboxylic acids is 5. The zero-order chi connectivity index (χ0) is 36.4. The second kappa shape index (κ2) is 14.9. The second-order valence-corrected chi connectivity index (χ2v) is 14.4. The van der Waals surface area contributed by atoms with Crippen molar-refractivity contribution in [2.45, 2.75) is 118 Å². The van der Waals surface area contributed by atoms with Crippen LogP contribution in [0.15, 0.2) is 53.6 Å². The predicted octanol–water partition coefficient (Wildman–Crippen LogP) is 5.32. The zero-order valence-corrected chi connectivity index (χ0v) is 30.1. The van der Waals surface area contributed by atoms with Crippen LogP contribution in [-0.4, -0.2) is 67.4 Å². The van der Waals surface area contributed by atoms with Gasteiger partial charge in [0.15, 0.2) is 6.10 Å². The lowest BCUT2D eigenvalue weighted by Gasteiger charge is -2.60. The second-order valence-electron chi connectivity index (χ2n) is 14.4. The topological polar surface area (TPSA) is 144 Å². The molecule has 2 fully saturated rings. The molecule has 6 unspecified atom stereocenters. The molecular weight excluding hydrogens is 630 g/mol. The van der Waals surface area contributed by atoms with E-state index in [1.807, 2.05) is 58.0 Å². The van der Waals surface area contributed by atoms with Crippen LogP contribution in [0.5, 0.6) is 0 Å². The molecule has 9 atom stereocenters. The maximum Gasteiger partial charge on any atom is 0.308 e. The molecule has 0 aliphatic heterocycles. The number of rotatable bonds is 9. The van der Waals surface area contributed by atoms with Crippen LogP contribution in [0.3, 0.4) is 0 Å². The number of benzene rings is 1. The average Bonchev–Trinajstić information content (AvgIpc) is 3.00. The summed E-state index contributed by atoms with van der Waals surface area (Å²) in [5.74, 6) is -3.84. The van der Waals surface area contributed by atoms with E-state index < -0.39 is 83.0 Å². The Morgan fingerprint density at radius 2 is 1.45 bits per heavy atom. The highest BCUT2D eigenvalue weighted by molar-refractivity contribution is 5.71. The Kier molecular flexibility index (Phi) is 11.5. The van der Waals surface area contributed by atoms with Gasteiger partial charge in [0.1, 0.15) is 24.4 Å². The van der Waals surface area contributed by atoms with Crippen LogP contribution in [0.2, 0.25) is 0 Å². The van der Waals surface area contributed by atoms with Crippen LogP contribution in [0.25, 0.3) is 0 Å². The SMILES string of the molecule is C=C1C(OC(=O)CC(NC)c2ccccc2)CC[C@@]2(C)C(OC(C)=O)C(OC(C)=O)C3=C(C)C(OC(C)=O)C[C@@H](C(OC(C)=O)[C@H]12)C3(C)C. The summed E-state index contributed by atoms with van der Waals surface area (Å²) in [6.45, 7) is 17.4. The van der Waals surface area contributed by atoms with E-state index in [0.717, 1.165) is 5.56 Å². The monoisotopic (exact) mass is 681 g/mol. The van der Waals surface area contributed by atoms with Gasteiger partial charge < -0.3 is 29.0 Å². The molecule has 1 aromatic rings. The van der Waals surface area contributed by atoms with E-state index in [1.165, 1.54) is 27.7 Å². The summed E-state index contributed by atoms with van der Waals surface area (Å²) in [6.07, 6.45) is -3.39. The number of ether oxygens (including phenoxy) is 5. The van der Waals surface area contributed by atoms with Gasteiger partial charge in [-0.15, -0.1) is 0 Å². The van der Waals surface area contributed by atoms with Crippen molar-refractivity contribution in [3.8, 4) is 0 Å². The van der Waals surface area contributed by atoms with Crippen molar-refractivity contribution < 1.29 is 47.7 Å². The van der Waals surface area contributed by atoms with Crippen molar-refractivity contribution in [2.75, 3.05) is 7.05 Å². The van der Waals surface area contributed by atoms with Gasteiger partial charge in [-0.1, -0.05) is 57.7 Å². The molecule has 11 nitrogen and oxygen atoms in total. The first-order valence-corrected chi connectivity index (χ1v) is 16.9. The third-order valence-electron chi connectivity index (χ3n) is 10.8. The molecule has 0 heterocycles. The highest BCUT2D eigenvalue weighted by atomic mass is 16.6. The van der Waals surface area contributed by atoms with E-state index in [0.29, 0.717) is 36.0 Å². The Morgan fingerprint density at radius 3 is 2.00 bits per heavy atom. The van der Waals surface area contributed by atoms with Crippen LogP contribution in [0, 0.1) is 22.7 Å². The van der Waals surface area contributed by atoms with Crippen LogP contribution < -0.4 is 5.32 Å². The lowest BCUT2D eigenvalue weighted by molar-refractivity contribution is -0.205. The van der Waals surface area contributed by atoms with Gasteiger partial charge >= 0.3 is 29.8 Å². The van der Waals surface area contributed by atoms with E-state index in [4.69, 9.17) is 23.7 Å². The van der Waals surface area contributed by atoms with Gasteiger partial charge in [0.05, 0.1) is 6.42 Å². The van der Waals surface area contributed by atoms with E-state index in [2.05, 4.69) is 11.9 Å². The lowest BCUT2D eigenvalue weighted by Crippen LogP contribution is -2.64. The van der Waals surface area contributed by atoms with Crippen molar-refractivity contribution >= 4 is 29.8 Å². The molecular formula is C38H51NO10. The summed E-state index contributed by atoms with van der Waals surface area (Å²) in [4.78, 5) is 64.4. The largest absolute Gasteiger partial charge is 0.462 e. The smallest absolute Gasteiger partial charge is 0.308 e. The molecule has 2 saturated carbocycles. The highest BCUT2D eigenvalue weighted by Crippen LogP contribution is 2.61. The fourth-order valence-corrected chi connectivity index (χ4v) is 8.69. The highest BCUT2D eigenvalue weighted by Gasteiger charge is 2.64. The van der Waals surface area contributed by atoms with Gasteiger partial charge in [0.2, 0.25) is 0 Å². The molecule has 0 amide bonds. The van der Waals surface area contributed by atoms with Gasteiger partial charge in [-0.2, -0.15) is 0 Å². The van der Waals surface area contributed by atoms with Gasteiger partial charge in [-0.3, -0.25) is 24.0 Å². The fourth-order valence-electron chi connectivity index (χ4n) is 8.69. The van der Waals surface area contributed by atoms with Crippen LogP contribution in [-0.2, 0) is 47.7 Å². The van der Waals surface area contributed by atoms with E-state index >= 15 is 0 Å². The van der Waals surface area contributed by atoms with Crippen molar-refractivity contribution in [2.24, 2.45) is 22.7 Å². The predicted molar refractivity (Wildman–Crippen MR) is 180 cm³/mol. The van der Waals surface area contributed by atoms with Crippen LogP contribution >= 0.6 is 0 Å². The lowest BCUT2D eigenvalue weighted by atomic mass is 9.49. The van der Waals surface area contributed by atoms with Crippen molar-refractivity contribution in [1.82, 2.24) is 5.32 Å². The third-order valence-corrected chi connectivity index (χ3v) is 10.8. The Morgan fingerprint density at radius 1 is 0.857 bits per heavy atom. The molecule has 3 aliphatic carbocycles. The number of esters is 5. The minimum absolute atomic E-state index is 0.0668. The van der Waals surface area contributed by atoms with Gasteiger partial charge in [0.25, 0.3) is 0 Å². The number of carbonyl (C=O) groups is 5. The summed E-state index contributed by atoms with van der Waals surface area (Å²) < 4.78 is 30.4. The van der Waals surface area contributed by atoms with Gasteiger partial charge in [-0.25, -0.2) is 0 Å². The summed E-state index contributed by atoms with van der Waals surface area (Å²) in [7, 11) is 1.78. The fraction of sp³-hybridized carbons (Fsp3) is 0.605. The molecule has 1 aromatic carbocycles. The Labute approximate surface area is 289 Å². The van der Waals surface area contributed by atoms with Crippen LogP contribution in [0.4, 0.5) is 0 Å².